The number of hydrogen-bond acceptors (Lipinski definition) is 4. The molecule has 1 unspecified atom stereocenters. The van der Waals surface area contributed by atoms with Crippen molar-refractivity contribution in [3.8, 4) is 0 Å². The Morgan fingerprint density at radius 2 is 1.86 bits per heavy atom. The van der Waals surface area contributed by atoms with Crippen LogP contribution in [0.5, 0.6) is 0 Å². The van der Waals surface area contributed by atoms with E-state index in [2.05, 4.69) is 20.9 Å². The van der Waals surface area contributed by atoms with Gasteiger partial charge < -0.3 is 10.6 Å². The molecule has 3 amide bonds. The normalized spacial score (nSPS) is 27.5. The van der Waals surface area contributed by atoms with Gasteiger partial charge in [0.1, 0.15) is 0 Å². The molecule has 1 saturated carbocycles. The lowest BCUT2D eigenvalue weighted by molar-refractivity contribution is -0.121. The van der Waals surface area contributed by atoms with E-state index >= 15 is 0 Å². The van der Waals surface area contributed by atoms with Crippen molar-refractivity contribution < 1.29 is 9.59 Å². The SMILES string of the molecule is O=C(CN1CCC(C2CCCN2)CC1)NC(=O)NC1CC1. The first-order valence-electron chi connectivity index (χ1n) is 8.27. The fourth-order valence-corrected chi connectivity index (χ4v) is 3.45. The van der Waals surface area contributed by atoms with E-state index in [-0.39, 0.29) is 18.0 Å². The molecule has 0 aromatic heterocycles. The maximum Gasteiger partial charge on any atom is 0.321 e. The molecule has 6 nitrogen and oxygen atoms in total. The predicted octanol–water partition coefficient (Wildman–Crippen LogP) is 0.439. The van der Waals surface area contributed by atoms with Crippen LogP contribution in [0.15, 0.2) is 0 Å². The number of amides is 3. The lowest BCUT2D eigenvalue weighted by atomic mass is 9.88. The Kier molecular flexibility index (Phi) is 4.75. The highest BCUT2D eigenvalue weighted by Gasteiger charge is 2.29. The Hall–Kier alpha value is -1.14. The minimum absolute atomic E-state index is 0.189. The van der Waals surface area contributed by atoms with Gasteiger partial charge in [-0.25, -0.2) is 4.79 Å². The summed E-state index contributed by atoms with van der Waals surface area (Å²) < 4.78 is 0. The summed E-state index contributed by atoms with van der Waals surface area (Å²) in [4.78, 5) is 25.5. The molecule has 2 saturated heterocycles. The van der Waals surface area contributed by atoms with E-state index in [1.54, 1.807) is 0 Å². The standard InChI is InChI=1S/C15H26N4O2/c20-14(18-15(21)17-12-3-4-12)10-19-8-5-11(6-9-19)13-2-1-7-16-13/h11-13,16H,1-10H2,(H2,17,18,20,21). The minimum Gasteiger partial charge on any atom is -0.335 e. The number of carbonyl (C=O) groups is 2. The highest BCUT2D eigenvalue weighted by molar-refractivity contribution is 5.95. The molecule has 1 aliphatic carbocycles. The fraction of sp³-hybridized carbons (Fsp3) is 0.867. The highest BCUT2D eigenvalue weighted by atomic mass is 16.2. The Balaban J connectivity index is 1.34. The van der Waals surface area contributed by atoms with Crippen molar-refractivity contribution in [3.05, 3.63) is 0 Å². The highest BCUT2D eigenvalue weighted by Crippen LogP contribution is 2.25. The monoisotopic (exact) mass is 294 g/mol. The zero-order valence-corrected chi connectivity index (χ0v) is 12.6. The molecule has 21 heavy (non-hydrogen) atoms. The number of nitrogens with zero attached hydrogens (tertiary/aromatic N) is 1. The lowest BCUT2D eigenvalue weighted by Crippen LogP contribution is -2.48. The third kappa shape index (κ3) is 4.41. The second-order valence-corrected chi connectivity index (χ2v) is 6.61. The number of rotatable bonds is 4. The van der Waals surface area contributed by atoms with E-state index in [0.29, 0.717) is 12.6 Å². The van der Waals surface area contributed by atoms with Crippen molar-refractivity contribution in [2.45, 2.75) is 50.6 Å². The number of carbonyl (C=O) groups excluding carboxylic acids is 2. The number of imide groups is 1. The van der Waals surface area contributed by atoms with Crippen LogP contribution in [0.3, 0.4) is 0 Å². The van der Waals surface area contributed by atoms with E-state index < -0.39 is 0 Å². The molecule has 6 heteroatoms. The van der Waals surface area contributed by atoms with Crippen LogP contribution in [0.2, 0.25) is 0 Å². The van der Waals surface area contributed by atoms with Crippen LogP contribution in [0.1, 0.15) is 38.5 Å². The molecule has 3 N–H and O–H groups in total. The summed E-state index contributed by atoms with van der Waals surface area (Å²) in [6, 6.07) is 0.630. The Labute approximate surface area is 126 Å². The zero-order valence-electron chi connectivity index (χ0n) is 12.6. The Bertz CT molecular complexity index is 383. The fourth-order valence-electron chi connectivity index (χ4n) is 3.45. The summed E-state index contributed by atoms with van der Waals surface area (Å²) in [6.07, 6.45) is 6.96. The van der Waals surface area contributed by atoms with Crippen molar-refractivity contribution >= 4 is 11.9 Å². The van der Waals surface area contributed by atoms with Crippen molar-refractivity contribution in [2.24, 2.45) is 5.92 Å². The predicted molar refractivity (Wildman–Crippen MR) is 79.9 cm³/mol. The maximum absolute atomic E-state index is 11.8. The van der Waals surface area contributed by atoms with E-state index in [1.807, 2.05) is 0 Å². The first-order chi connectivity index (χ1) is 10.2. The molecule has 2 heterocycles. The maximum atomic E-state index is 11.8. The molecule has 3 rings (SSSR count). The van der Waals surface area contributed by atoms with Gasteiger partial charge in [0.15, 0.2) is 0 Å². The molecule has 0 bridgehead atoms. The van der Waals surface area contributed by atoms with E-state index in [9.17, 15) is 9.59 Å². The molecule has 0 aromatic rings. The lowest BCUT2D eigenvalue weighted by Gasteiger charge is -2.34. The van der Waals surface area contributed by atoms with Crippen molar-refractivity contribution in [1.29, 1.82) is 0 Å². The molecule has 2 aliphatic heterocycles. The topological polar surface area (TPSA) is 73.5 Å². The van der Waals surface area contributed by atoms with Gasteiger partial charge in [-0.3, -0.25) is 15.0 Å². The van der Waals surface area contributed by atoms with Gasteiger partial charge in [-0.2, -0.15) is 0 Å². The molecule has 0 spiro atoms. The second kappa shape index (κ2) is 6.75. The summed E-state index contributed by atoms with van der Waals surface area (Å²) in [7, 11) is 0. The van der Waals surface area contributed by atoms with Crippen LogP contribution in [0, 0.1) is 5.92 Å². The number of hydrogen-bond donors (Lipinski definition) is 3. The molecule has 3 fully saturated rings. The van der Waals surface area contributed by atoms with Crippen LogP contribution >= 0.6 is 0 Å². The van der Waals surface area contributed by atoms with Gasteiger partial charge in [-0.15, -0.1) is 0 Å². The molecule has 0 aromatic carbocycles. The summed E-state index contributed by atoms with van der Waals surface area (Å²) in [5, 5.41) is 8.77. The molecular formula is C15H26N4O2. The average Bonchev–Trinajstić information content (AvgIpc) is 3.09. The van der Waals surface area contributed by atoms with Crippen molar-refractivity contribution in [1.82, 2.24) is 20.9 Å². The van der Waals surface area contributed by atoms with Gasteiger partial charge >= 0.3 is 6.03 Å². The van der Waals surface area contributed by atoms with Gasteiger partial charge in [0.05, 0.1) is 6.54 Å². The van der Waals surface area contributed by atoms with Crippen LogP contribution in [-0.4, -0.2) is 55.1 Å². The molecular weight excluding hydrogens is 268 g/mol. The summed E-state index contributed by atoms with van der Waals surface area (Å²) in [5.74, 6) is 0.565. The second-order valence-electron chi connectivity index (χ2n) is 6.61. The van der Waals surface area contributed by atoms with Gasteiger partial charge in [-0.05, 0) is 64.1 Å². The smallest absolute Gasteiger partial charge is 0.321 e. The van der Waals surface area contributed by atoms with Crippen LogP contribution in [-0.2, 0) is 4.79 Å². The number of likely N-dealkylation sites (tertiary alicyclic amines) is 1. The van der Waals surface area contributed by atoms with E-state index in [0.717, 1.165) is 51.2 Å². The summed E-state index contributed by atoms with van der Waals surface area (Å²) in [6.45, 7) is 3.41. The van der Waals surface area contributed by atoms with Crippen LogP contribution in [0.25, 0.3) is 0 Å². The third-order valence-electron chi connectivity index (χ3n) is 4.83. The zero-order chi connectivity index (χ0) is 14.7. The van der Waals surface area contributed by atoms with E-state index in [1.165, 1.54) is 12.8 Å². The van der Waals surface area contributed by atoms with Gasteiger partial charge in [0.2, 0.25) is 5.91 Å². The number of piperidine rings is 1. The Morgan fingerprint density at radius 1 is 1.10 bits per heavy atom. The minimum atomic E-state index is -0.340. The van der Waals surface area contributed by atoms with E-state index in [4.69, 9.17) is 0 Å². The number of urea groups is 1. The van der Waals surface area contributed by atoms with Gasteiger partial charge in [0, 0.05) is 12.1 Å². The quantitative estimate of drug-likeness (QED) is 0.703. The van der Waals surface area contributed by atoms with Crippen molar-refractivity contribution in [2.75, 3.05) is 26.2 Å². The molecule has 1 atom stereocenters. The largest absolute Gasteiger partial charge is 0.335 e. The summed E-state index contributed by atoms with van der Waals surface area (Å²) in [5.41, 5.74) is 0. The molecule has 3 aliphatic rings. The average molecular weight is 294 g/mol. The molecule has 0 radical (unpaired) electrons. The summed E-state index contributed by atoms with van der Waals surface area (Å²) >= 11 is 0. The Morgan fingerprint density at radius 3 is 2.48 bits per heavy atom. The molecule has 118 valence electrons. The van der Waals surface area contributed by atoms with Crippen LogP contribution in [0.4, 0.5) is 4.79 Å². The first kappa shape index (κ1) is 14.8. The first-order valence-corrected chi connectivity index (χ1v) is 8.27. The van der Waals surface area contributed by atoms with Gasteiger partial charge in [0.25, 0.3) is 0 Å². The van der Waals surface area contributed by atoms with Gasteiger partial charge in [-0.1, -0.05) is 0 Å². The van der Waals surface area contributed by atoms with Crippen LogP contribution < -0.4 is 16.0 Å². The van der Waals surface area contributed by atoms with Crippen molar-refractivity contribution in [3.63, 3.8) is 0 Å². The third-order valence-corrected chi connectivity index (χ3v) is 4.83. The number of nitrogens with one attached hydrogen (secondary N) is 3.